The Bertz CT molecular complexity index is 1030. The Morgan fingerprint density at radius 2 is 1.65 bits per heavy atom. The minimum Gasteiger partial charge on any atom is -0.493 e. The average Bonchev–Trinajstić information content (AvgIpc) is 2.79. The number of hydrazone groups is 1. The lowest BCUT2D eigenvalue weighted by atomic mass is 10.1. The Hall–Kier alpha value is -3.12. The van der Waals surface area contributed by atoms with Gasteiger partial charge in [0.05, 0.1) is 19.7 Å². The summed E-state index contributed by atoms with van der Waals surface area (Å²) in [5, 5.41) is 4.05. The van der Waals surface area contributed by atoms with E-state index in [0.29, 0.717) is 18.1 Å². The fraction of sp³-hybridized carbons (Fsp3) is 0.200. The van der Waals surface area contributed by atoms with E-state index < -0.39 is 0 Å². The topological polar surface area (TPSA) is 59.9 Å². The molecule has 0 unspecified atom stereocenters. The van der Waals surface area contributed by atoms with Gasteiger partial charge in [-0.05, 0) is 59.0 Å². The lowest BCUT2D eigenvalue weighted by Crippen LogP contribution is -2.19. The molecular weight excluding hydrogens is 456 g/mol. The van der Waals surface area contributed by atoms with E-state index in [1.165, 1.54) is 5.56 Å². The second kappa shape index (κ2) is 11.3. The fourth-order valence-corrected chi connectivity index (χ4v) is 3.19. The van der Waals surface area contributed by atoms with Crippen LogP contribution in [0.3, 0.4) is 0 Å². The van der Waals surface area contributed by atoms with Gasteiger partial charge < -0.3 is 9.47 Å². The summed E-state index contributed by atoms with van der Waals surface area (Å²) < 4.78 is 12.3. The molecule has 1 amide bonds. The smallest absolute Gasteiger partial charge is 0.244 e. The molecule has 0 spiro atoms. The summed E-state index contributed by atoms with van der Waals surface area (Å²) in [6.07, 6.45) is 2.85. The van der Waals surface area contributed by atoms with E-state index in [0.717, 1.165) is 27.6 Å². The highest BCUT2D eigenvalue weighted by molar-refractivity contribution is 9.10. The third-order valence-electron chi connectivity index (χ3n) is 4.69. The van der Waals surface area contributed by atoms with Gasteiger partial charge >= 0.3 is 0 Å². The number of aryl methyl sites for hydroxylation is 1. The fourth-order valence-electron chi connectivity index (χ4n) is 2.92. The number of methoxy groups -OCH3 is 1. The quantitative estimate of drug-likeness (QED) is 0.334. The molecule has 1 N–H and O–H groups in total. The summed E-state index contributed by atoms with van der Waals surface area (Å²) in [5.41, 5.74) is 6.62. The maximum Gasteiger partial charge on any atom is 0.244 e. The summed E-state index contributed by atoms with van der Waals surface area (Å²) in [5.74, 6) is 1.08. The highest BCUT2D eigenvalue weighted by atomic mass is 79.9. The largest absolute Gasteiger partial charge is 0.493 e. The molecule has 3 aromatic carbocycles. The Kier molecular flexibility index (Phi) is 8.24. The maximum absolute atomic E-state index is 12.1. The minimum atomic E-state index is -0.165. The van der Waals surface area contributed by atoms with Crippen molar-refractivity contribution in [3.8, 4) is 11.5 Å². The molecule has 3 aromatic rings. The van der Waals surface area contributed by atoms with Crippen LogP contribution in [0.15, 0.2) is 76.3 Å². The SMILES string of the molecule is CCc1ccc(CC(=O)N/N=C/c2ccc(OCc3ccc(Br)cc3)c(OC)c2)cc1. The number of rotatable bonds is 9. The Balaban J connectivity index is 1.55. The number of hydrogen-bond donors (Lipinski definition) is 1. The summed E-state index contributed by atoms with van der Waals surface area (Å²) in [6.45, 7) is 2.54. The third-order valence-corrected chi connectivity index (χ3v) is 5.22. The molecule has 0 aromatic heterocycles. The first-order chi connectivity index (χ1) is 15.1. The Labute approximate surface area is 191 Å². The van der Waals surface area contributed by atoms with Gasteiger partial charge in [0.2, 0.25) is 5.91 Å². The first-order valence-electron chi connectivity index (χ1n) is 10.0. The normalized spacial score (nSPS) is 10.8. The third kappa shape index (κ3) is 6.96. The van der Waals surface area contributed by atoms with Gasteiger partial charge in [-0.1, -0.05) is 59.3 Å². The molecule has 6 heteroatoms. The highest BCUT2D eigenvalue weighted by Gasteiger charge is 2.06. The van der Waals surface area contributed by atoms with E-state index in [4.69, 9.17) is 9.47 Å². The molecule has 0 radical (unpaired) electrons. The zero-order valence-corrected chi connectivity index (χ0v) is 19.2. The monoisotopic (exact) mass is 480 g/mol. The molecule has 5 nitrogen and oxygen atoms in total. The molecule has 0 aliphatic heterocycles. The van der Waals surface area contributed by atoms with E-state index in [1.807, 2.05) is 66.7 Å². The minimum absolute atomic E-state index is 0.165. The average molecular weight is 481 g/mol. The molecule has 0 aliphatic carbocycles. The van der Waals surface area contributed by atoms with Crippen LogP contribution in [0.2, 0.25) is 0 Å². The molecule has 0 atom stereocenters. The van der Waals surface area contributed by atoms with Crippen LogP contribution in [-0.4, -0.2) is 19.2 Å². The van der Waals surface area contributed by atoms with Crippen LogP contribution < -0.4 is 14.9 Å². The van der Waals surface area contributed by atoms with Gasteiger partial charge in [-0.2, -0.15) is 5.10 Å². The van der Waals surface area contributed by atoms with Crippen LogP contribution in [0.5, 0.6) is 11.5 Å². The molecular formula is C25H25BrN2O3. The van der Waals surface area contributed by atoms with Crippen molar-refractivity contribution in [3.63, 3.8) is 0 Å². The second-order valence-electron chi connectivity index (χ2n) is 6.97. The van der Waals surface area contributed by atoms with Gasteiger partial charge in [0.25, 0.3) is 0 Å². The van der Waals surface area contributed by atoms with Crippen molar-refractivity contribution >= 4 is 28.1 Å². The first-order valence-corrected chi connectivity index (χ1v) is 10.8. The summed E-state index contributed by atoms with van der Waals surface area (Å²) >= 11 is 3.42. The van der Waals surface area contributed by atoms with Crippen LogP contribution in [0, 0.1) is 0 Å². The van der Waals surface area contributed by atoms with Gasteiger partial charge in [-0.25, -0.2) is 5.43 Å². The lowest BCUT2D eigenvalue weighted by molar-refractivity contribution is -0.120. The predicted molar refractivity (Wildman–Crippen MR) is 127 cm³/mol. The van der Waals surface area contributed by atoms with E-state index in [1.54, 1.807) is 13.3 Å². The van der Waals surface area contributed by atoms with E-state index in [9.17, 15) is 4.79 Å². The number of halogens is 1. The lowest BCUT2D eigenvalue weighted by Gasteiger charge is -2.11. The number of ether oxygens (including phenoxy) is 2. The van der Waals surface area contributed by atoms with Crippen LogP contribution in [0.4, 0.5) is 0 Å². The van der Waals surface area contributed by atoms with Gasteiger partial charge in [-0.15, -0.1) is 0 Å². The van der Waals surface area contributed by atoms with Crippen molar-refractivity contribution < 1.29 is 14.3 Å². The number of nitrogens with zero attached hydrogens (tertiary/aromatic N) is 1. The van der Waals surface area contributed by atoms with Crippen molar-refractivity contribution in [1.82, 2.24) is 5.43 Å². The van der Waals surface area contributed by atoms with Crippen molar-refractivity contribution in [2.24, 2.45) is 5.10 Å². The van der Waals surface area contributed by atoms with Gasteiger partial charge in [-0.3, -0.25) is 4.79 Å². The molecule has 3 rings (SSSR count). The number of amides is 1. The van der Waals surface area contributed by atoms with Crippen molar-refractivity contribution in [2.45, 2.75) is 26.4 Å². The van der Waals surface area contributed by atoms with Crippen molar-refractivity contribution in [3.05, 3.63) is 93.5 Å². The Morgan fingerprint density at radius 1 is 0.968 bits per heavy atom. The molecule has 0 fully saturated rings. The van der Waals surface area contributed by atoms with E-state index in [2.05, 4.69) is 33.4 Å². The standard InChI is InChI=1S/C25H25BrN2O3/c1-3-18-4-6-19(7-5-18)15-25(29)28-27-16-21-10-13-23(24(14-21)30-2)31-17-20-8-11-22(26)12-9-20/h4-14,16H,3,15,17H2,1-2H3,(H,28,29)/b27-16+. The second-order valence-corrected chi connectivity index (χ2v) is 7.88. The predicted octanol–water partition coefficient (Wildman–Crippen LogP) is 5.29. The number of carbonyl (C=O) groups excluding carboxylic acids is 1. The van der Waals surface area contributed by atoms with E-state index in [-0.39, 0.29) is 12.3 Å². The highest BCUT2D eigenvalue weighted by Crippen LogP contribution is 2.28. The summed E-state index contributed by atoms with van der Waals surface area (Å²) in [7, 11) is 1.59. The summed E-state index contributed by atoms with van der Waals surface area (Å²) in [6, 6.07) is 21.5. The van der Waals surface area contributed by atoms with Crippen LogP contribution >= 0.6 is 15.9 Å². The maximum atomic E-state index is 12.1. The number of benzene rings is 3. The van der Waals surface area contributed by atoms with Crippen molar-refractivity contribution in [2.75, 3.05) is 7.11 Å². The first kappa shape index (κ1) is 22.6. The molecule has 160 valence electrons. The number of hydrogen-bond acceptors (Lipinski definition) is 4. The van der Waals surface area contributed by atoms with E-state index >= 15 is 0 Å². The zero-order chi connectivity index (χ0) is 22.1. The van der Waals surface area contributed by atoms with Crippen LogP contribution in [0.1, 0.15) is 29.2 Å². The summed E-state index contributed by atoms with van der Waals surface area (Å²) in [4.78, 5) is 12.1. The van der Waals surface area contributed by atoms with Crippen LogP contribution in [-0.2, 0) is 24.2 Å². The Morgan fingerprint density at radius 3 is 2.32 bits per heavy atom. The van der Waals surface area contributed by atoms with Gasteiger partial charge in [0.15, 0.2) is 11.5 Å². The van der Waals surface area contributed by atoms with Gasteiger partial charge in [0.1, 0.15) is 6.61 Å². The molecule has 0 saturated carbocycles. The van der Waals surface area contributed by atoms with Crippen LogP contribution in [0.25, 0.3) is 0 Å². The number of carbonyl (C=O) groups is 1. The van der Waals surface area contributed by atoms with Gasteiger partial charge in [0, 0.05) is 4.47 Å². The molecule has 0 bridgehead atoms. The molecule has 0 aliphatic rings. The zero-order valence-electron chi connectivity index (χ0n) is 17.6. The van der Waals surface area contributed by atoms with Crippen molar-refractivity contribution in [1.29, 1.82) is 0 Å². The molecule has 31 heavy (non-hydrogen) atoms. The molecule has 0 saturated heterocycles. The number of nitrogens with one attached hydrogen (secondary N) is 1. The molecule has 0 heterocycles.